The highest BCUT2D eigenvalue weighted by Gasteiger charge is 2.03. The second kappa shape index (κ2) is 20.1. The van der Waals surface area contributed by atoms with E-state index in [9.17, 15) is 14.7 Å². The lowest BCUT2D eigenvalue weighted by molar-refractivity contribution is -0.141. The van der Waals surface area contributed by atoms with Gasteiger partial charge in [0.25, 0.3) is 0 Å². The zero-order chi connectivity index (χ0) is 20.9. The summed E-state index contributed by atoms with van der Waals surface area (Å²) in [5.41, 5.74) is 0. The average molecular weight is 396 g/mol. The van der Waals surface area contributed by atoms with Crippen molar-refractivity contribution >= 4 is 11.9 Å². The molecule has 28 heavy (non-hydrogen) atoms. The molecule has 0 bridgehead atoms. The number of ether oxygens (including phenoxy) is 1. The predicted octanol–water partition coefficient (Wildman–Crippen LogP) is 4.84. The summed E-state index contributed by atoms with van der Waals surface area (Å²) in [5, 5.41) is 11.7. The third-order valence-electron chi connectivity index (χ3n) is 4.50. The van der Waals surface area contributed by atoms with Gasteiger partial charge in [0.05, 0.1) is 13.2 Å². The molecule has 0 fully saturated rings. The minimum absolute atomic E-state index is 0.0502. The topological polar surface area (TPSA) is 75.6 Å². The Kier molecular flexibility index (Phi) is 19.0. The van der Waals surface area contributed by atoms with E-state index in [0.717, 1.165) is 38.5 Å². The number of rotatable bonds is 18. The van der Waals surface area contributed by atoms with Crippen LogP contribution in [-0.4, -0.2) is 36.7 Å². The number of methoxy groups -OCH3 is 1. The number of aliphatic hydroxyl groups is 1. The fraction of sp³-hybridized carbons (Fsp3) is 0.739. The lowest BCUT2D eigenvalue weighted by atomic mass is 10.1. The van der Waals surface area contributed by atoms with Gasteiger partial charge in [-0.1, -0.05) is 43.6 Å². The fourth-order valence-corrected chi connectivity index (χ4v) is 2.77. The van der Waals surface area contributed by atoms with Crippen molar-refractivity contribution < 1.29 is 19.4 Å². The molecule has 1 amide bonds. The SMILES string of the molecule is COC(=O)CNC(=O)CCC/C=C\CCCCCCC/C=C\CCC[C@H](C)O. The summed E-state index contributed by atoms with van der Waals surface area (Å²) < 4.78 is 4.47. The molecule has 5 nitrogen and oxygen atoms in total. The molecule has 0 aromatic rings. The zero-order valence-electron chi connectivity index (χ0n) is 18.0. The summed E-state index contributed by atoms with van der Waals surface area (Å²) in [5.74, 6) is -0.526. The van der Waals surface area contributed by atoms with Gasteiger partial charge in [0.1, 0.15) is 6.54 Å². The molecule has 0 aliphatic carbocycles. The maximum Gasteiger partial charge on any atom is 0.325 e. The van der Waals surface area contributed by atoms with E-state index in [1.165, 1.54) is 45.6 Å². The molecule has 0 aromatic carbocycles. The number of allylic oxidation sites excluding steroid dienone is 4. The second-order valence-electron chi connectivity index (χ2n) is 7.31. The number of carbonyl (C=O) groups excluding carboxylic acids is 2. The predicted molar refractivity (Wildman–Crippen MR) is 115 cm³/mol. The number of amides is 1. The van der Waals surface area contributed by atoms with E-state index in [2.05, 4.69) is 34.4 Å². The number of aliphatic hydroxyl groups excluding tert-OH is 1. The maximum absolute atomic E-state index is 11.5. The molecule has 0 rings (SSSR count). The van der Waals surface area contributed by atoms with E-state index in [0.29, 0.717) is 6.42 Å². The Morgan fingerprint density at radius 2 is 1.36 bits per heavy atom. The lowest BCUT2D eigenvalue weighted by Crippen LogP contribution is -2.29. The van der Waals surface area contributed by atoms with E-state index in [1.54, 1.807) is 0 Å². The third kappa shape index (κ3) is 20.7. The summed E-state index contributed by atoms with van der Waals surface area (Å²) >= 11 is 0. The number of nitrogens with one attached hydrogen (secondary N) is 1. The maximum atomic E-state index is 11.5. The minimum Gasteiger partial charge on any atom is -0.468 e. The second-order valence-corrected chi connectivity index (χ2v) is 7.31. The molecule has 0 aromatic heterocycles. The first-order chi connectivity index (χ1) is 13.6. The number of esters is 1. The van der Waals surface area contributed by atoms with Crippen LogP contribution in [0, 0.1) is 0 Å². The van der Waals surface area contributed by atoms with E-state index < -0.39 is 5.97 Å². The van der Waals surface area contributed by atoms with Crippen LogP contribution >= 0.6 is 0 Å². The molecule has 0 radical (unpaired) electrons. The van der Waals surface area contributed by atoms with Crippen LogP contribution in [0.25, 0.3) is 0 Å². The number of carbonyl (C=O) groups is 2. The Bertz CT molecular complexity index is 444. The van der Waals surface area contributed by atoms with Gasteiger partial charge in [-0.25, -0.2) is 0 Å². The van der Waals surface area contributed by atoms with E-state index >= 15 is 0 Å². The number of hydrogen-bond acceptors (Lipinski definition) is 4. The third-order valence-corrected chi connectivity index (χ3v) is 4.50. The molecule has 0 saturated heterocycles. The summed E-state index contributed by atoms with van der Waals surface area (Å²) in [4.78, 5) is 22.4. The Morgan fingerprint density at radius 1 is 0.857 bits per heavy atom. The van der Waals surface area contributed by atoms with Gasteiger partial charge in [0.2, 0.25) is 5.91 Å². The number of hydrogen-bond donors (Lipinski definition) is 2. The standard InChI is InChI=1S/C23H41NO4/c1-21(25)18-16-14-12-10-8-6-4-3-5-7-9-11-13-15-17-19-22(26)24-20-23(27)28-2/h10-13,21,25H,3-9,14-20H2,1-2H3,(H,24,26)/b12-10-,13-11-/t21-/m0/s1. The van der Waals surface area contributed by atoms with Gasteiger partial charge in [0.15, 0.2) is 0 Å². The molecule has 0 heterocycles. The summed E-state index contributed by atoms with van der Waals surface area (Å²) in [7, 11) is 1.31. The lowest BCUT2D eigenvalue weighted by Gasteiger charge is -2.02. The fourth-order valence-electron chi connectivity index (χ4n) is 2.77. The molecular formula is C23H41NO4. The molecule has 162 valence electrons. The highest BCUT2D eigenvalue weighted by molar-refractivity contribution is 5.81. The van der Waals surface area contributed by atoms with Gasteiger partial charge in [-0.05, 0) is 64.7 Å². The van der Waals surface area contributed by atoms with Crippen molar-refractivity contribution in [2.75, 3.05) is 13.7 Å². The highest BCUT2D eigenvalue weighted by atomic mass is 16.5. The van der Waals surface area contributed by atoms with Crippen LogP contribution in [0.5, 0.6) is 0 Å². The van der Waals surface area contributed by atoms with Gasteiger partial charge in [-0.2, -0.15) is 0 Å². The van der Waals surface area contributed by atoms with Crippen molar-refractivity contribution in [2.45, 2.75) is 96.5 Å². The summed E-state index contributed by atoms with van der Waals surface area (Å²) in [6.07, 6.45) is 22.5. The Balaban J connectivity index is 3.31. The average Bonchev–Trinajstić information content (AvgIpc) is 2.68. The highest BCUT2D eigenvalue weighted by Crippen LogP contribution is 2.09. The van der Waals surface area contributed by atoms with Gasteiger partial charge in [-0.15, -0.1) is 0 Å². The Hall–Kier alpha value is -1.62. The molecular weight excluding hydrogens is 354 g/mol. The molecule has 0 saturated carbocycles. The van der Waals surface area contributed by atoms with Crippen molar-refractivity contribution in [3.63, 3.8) is 0 Å². The van der Waals surface area contributed by atoms with Crippen molar-refractivity contribution in [3.05, 3.63) is 24.3 Å². The quantitative estimate of drug-likeness (QED) is 0.198. The van der Waals surface area contributed by atoms with Crippen molar-refractivity contribution in [1.29, 1.82) is 0 Å². The molecule has 0 aliphatic rings. The van der Waals surface area contributed by atoms with Gasteiger partial charge in [-0.3, -0.25) is 9.59 Å². The molecule has 5 heteroatoms. The monoisotopic (exact) mass is 395 g/mol. The van der Waals surface area contributed by atoms with E-state index in [-0.39, 0.29) is 18.6 Å². The van der Waals surface area contributed by atoms with E-state index in [4.69, 9.17) is 0 Å². The largest absolute Gasteiger partial charge is 0.468 e. The van der Waals surface area contributed by atoms with Crippen molar-refractivity contribution in [2.24, 2.45) is 0 Å². The summed E-state index contributed by atoms with van der Waals surface area (Å²) in [6.45, 7) is 1.79. The first-order valence-electron chi connectivity index (χ1n) is 10.9. The van der Waals surface area contributed by atoms with Crippen molar-refractivity contribution in [3.8, 4) is 0 Å². The normalized spacial score (nSPS) is 12.5. The van der Waals surface area contributed by atoms with Crippen LogP contribution in [-0.2, 0) is 14.3 Å². The van der Waals surface area contributed by atoms with Crippen molar-refractivity contribution in [1.82, 2.24) is 5.32 Å². The molecule has 0 unspecified atom stereocenters. The summed E-state index contributed by atoms with van der Waals surface area (Å²) in [6, 6.07) is 0. The molecule has 0 spiro atoms. The zero-order valence-corrected chi connectivity index (χ0v) is 18.0. The molecule has 1 atom stereocenters. The van der Waals surface area contributed by atoms with Crippen LogP contribution in [0.2, 0.25) is 0 Å². The smallest absolute Gasteiger partial charge is 0.325 e. The molecule has 2 N–H and O–H groups in total. The Labute approximate surface area is 171 Å². The van der Waals surface area contributed by atoms with Crippen LogP contribution < -0.4 is 5.32 Å². The van der Waals surface area contributed by atoms with Gasteiger partial charge in [0, 0.05) is 6.42 Å². The van der Waals surface area contributed by atoms with Crippen LogP contribution in [0.3, 0.4) is 0 Å². The molecule has 0 aliphatic heterocycles. The Morgan fingerprint density at radius 3 is 1.89 bits per heavy atom. The van der Waals surface area contributed by atoms with Gasteiger partial charge < -0.3 is 15.2 Å². The van der Waals surface area contributed by atoms with Gasteiger partial charge >= 0.3 is 5.97 Å². The van der Waals surface area contributed by atoms with Crippen LogP contribution in [0.1, 0.15) is 90.4 Å². The van der Waals surface area contributed by atoms with Crippen LogP contribution in [0.15, 0.2) is 24.3 Å². The van der Waals surface area contributed by atoms with Crippen LogP contribution in [0.4, 0.5) is 0 Å². The van der Waals surface area contributed by atoms with E-state index in [1.807, 2.05) is 6.92 Å². The number of unbranched alkanes of at least 4 members (excludes halogenated alkanes) is 8. The first kappa shape index (κ1) is 26.4. The minimum atomic E-state index is -0.423. The first-order valence-corrected chi connectivity index (χ1v) is 10.9.